The van der Waals surface area contributed by atoms with Crippen molar-refractivity contribution in [3.8, 4) is 17.2 Å². The highest BCUT2D eigenvalue weighted by Gasteiger charge is 2.17. The smallest absolute Gasteiger partial charge is 0.262 e. The van der Waals surface area contributed by atoms with E-state index in [0.717, 1.165) is 13.0 Å². The lowest BCUT2D eigenvalue weighted by Gasteiger charge is -2.14. The third-order valence-corrected chi connectivity index (χ3v) is 5.71. The molecule has 0 spiro atoms. The fraction of sp³-hybridized carbons (Fsp3) is 0.217. The molecule has 0 aromatic heterocycles. The highest BCUT2D eigenvalue weighted by molar-refractivity contribution is 7.92. The molecule has 0 aliphatic carbocycles. The molecule has 3 rings (SSSR count). The summed E-state index contributed by atoms with van der Waals surface area (Å²) in [7, 11) is 0.151. The van der Waals surface area contributed by atoms with Crippen molar-refractivity contribution in [2.45, 2.75) is 11.3 Å². The molecule has 0 saturated carbocycles. The Morgan fingerprint density at radius 3 is 2.23 bits per heavy atom. The van der Waals surface area contributed by atoms with E-state index in [-0.39, 0.29) is 16.4 Å². The Hall–Kier alpha value is -3.10. The summed E-state index contributed by atoms with van der Waals surface area (Å²) in [5.74, 6) is 0.923. The molecule has 0 aliphatic rings. The second-order valence-electron chi connectivity index (χ2n) is 7.13. The fourth-order valence-electron chi connectivity index (χ4n) is 2.76. The van der Waals surface area contributed by atoms with Crippen LogP contribution >= 0.6 is 0 Å². The molecule has 0 heterocycles. The quantitative estimate of drug-likeness (QED) is 0.457. The van der Waals surface area contributed by atoms with Crippen LogP contribution in [0.1, 0.15) is 6.42 Å². The zero-order chi connectivity index (χ0) is 22.3. The number of ether oxygens (including phenoxy) is 2. The van der Waals surface area contributed by atoms with Crippen molar-refractivity contribution >= 4 is 15.7 Å². The van der Waals surface area contributed by atoms with Crippen molar-refractivity contribution in [1.29, 1.82) is 0 Å². The van der Waals surface area contributed by atoms with E-state index >= 15 is 0 Å². The highest BCUT2D eigenvalue weighted by Crippen LogP contribution is 2.31. The van der Waals surface area contributed by atoms with E-state index in [0.29, 0.717) is 23.9 Å². The van der Waals surface area contributed by atoms with Gasteiger partial charge >= 0.3 is 0 Å². The maximum atomic E-state index is 13.1. The van der Waals surface area contributed by atoms with Crippen LogP contribution in [0.5, 0.6) is 17.2 Å². The summed E-state index contributed by atoms with van der Waals surface area (Å²) >= 11 is 0. The topological polar surface area (TPSA) is 67.9 Å². The Kier molecular flexibility index (Phi) is 7.49. The molecule has 0 unspecified atom stereocenters. The molecule has 3 aromatic carbocycles. The monoisotopic (exact) mass is 444 g/mol. The number of nitrogens with zero attached hydrogens (tertiary/aromatic N) is 1. The normalized spacial score (nSPS) is 11.4. The van der Waals surface area contributed by atoms with Gasteiger partial charge in [0.1, 0.15) is 17.3 Å². The van der Waals surface area contributed by atoms with Crippen LogP contribution in [0.15, 0.2) is 77.7 Å². The van der Waals surface area contributed by atoms with E-state index in [2.05, 4.69) is 9.62 Å². The largest absolute Gasteiger partial charge is 0.494 e. The predicted molar refractivity (Wildman–Crippen MR) is 119 cm³/mol. The van der Waals surface area contributed by atoms with Crippen LogP contribution in [0.3, 0.4) is 0 Å². The Morgan fingerprint density at radius 2 is 1.55 bits per heavy atom. The average molecular weight is 445 g/mol. The SMILES string of the molecule is CN(C)CCCOc1ccc(S(=O)(=O)Nc2ccccc2Oc2ccc(F)cc2)cc1. The summed E-state index contributed by atoms with van der Waals surface area (Å²) in [6.07, 6.45) is 0.874. The molecule has 0 saturated heterocycles. The van der Waals surface area contributed by atoms with Crippen LogP contribution in [0.25, 0.3) is 0 Å². The number of rotatable bonds is 10. The summed E-state index contributed by atoms with van der Waals surface area (Å²) in [6.45, 7) is 1.46. The van der Waals surface area contributed by atoms with Gasteiger partial charge in [-0.05, 0) is 81.2 Å². The lowest BCUT2D eigenvalue weighted by molar-refractivity contribution is 0.281. The molecular weight excluding hydrogens is 419 g/mol. The fourth-order valence-corrected chi connectivity index (χ4v) is 3.83. The van der Waals surface area contributed by atoms with Crippen molar-refractivity contribution in [3.05, 3.63) is 78.6 Å². The number of benzene rings is 3. The third kappa shape index (κ3) is 6.70. The number of nitrogens with one attached hydrogen (secondary N) is 1. The van der Waals surface area contributed by atoms with Crippen molar-refractivity contribution < 1.29 is 22.3 Å². The minimum Gasteiger partial charge on any atom is -0.494 e. The number of sulfonamides is 1. The Bertz CT molecular complexity index is 1090. The van der Waals surface area contributed by atoms with Gasteiger partial charge in [-0.25, -0.2) is 12.8 Å². The Morgan fingerprint density at radius 1 is 0.903 bits per heavy atom. The molecule has 31 heavy (non-hydrogen) atoms. The Balaban J connectivity index is 1.68. The molecule has 0 atom stereocenters. The summed E-state index contributed by atoms with van der Waals surface area (Å²) in [4.78, 5) is 2.17. The van der Waals surface area contributed by atoms with Crippen LogP contribution in [-0.2, 0) is 10.0 Å². The van der Waals surface area contributed by atoms with Gasteiger partial charge in [0.05, 0.1) is 17.2 Å². The van der Waals surface area contributed by atoms with E-state index in [4.69, 9.17) is 9.47 Å². The molecule has 0 fully saturated rings. The lowest BCUT2D eigenvalue weighted by Crippen LogP contribution is -2.15. The average Bonchev–Trinajstić information content (AvgIpc) is 2.74. The van der Waals surface area contributed by atoms with Gasteiger partial charge in [0, 0.05) is 6.54 Å². The van der Waals surface area contributed by atoms with Crippen molar-refractivity contribution in [2.24, 2.45) is 0 Å². The second-order valence-corrected chi connectivity index (χ2v) is 8.82. The molecule has 164 valence electrons. The molecule has 3 aromatic rings. The minimum atomic E-state index is -3.84. The first-order valence-electron chi connectivity index (χ1n) is 9.76. The van der Waals surface area contributed by atoms with Gasteiger partial charge in [-0.2, -0.15) is 0 Å². The molecule has 1 N–H and O–H groups in total. The van der Waals surface area contributed by atoms with E-state index in [9.17, 15) is 12.8 Å². The van der Waals surface area contributed by atoms with Crippen LogP contribution in [0, 0.1) is 5.82 Å². The predicted octanol–water partition coefficient (Wildman–Crippen LogP) is 4.75. The molecule has 0 aliphatic heterocycles. The third-order valence-electron chi connectivity index (χ3n) is 4.33. The zero-order valence-electron chi connectivity index (χ0n) is 17.4. The van der Waals surface area contributed by atoms with E-state index in [1.165, 1.54) is 36.4 Å². The number of hydrogen-bond acceptors (Lipinski definition) is 5. The summed E-state index contributed by atoms with van der Waals surface area (Å²) < 4.78 is 52.7. The zero-order valence-corrected chi connectivity index (χ0v) is 18.2. The van der Waals surface area contributed by atoms with E-state index < -0.39 is 10.0 Å². The van der Waals surface area contributed by atoms with Crippen molar-refractivity contribution in [1.82, 2.24) is 4.90 Å². The number of halogens is 1. The van der Waals surface area contributed by atoms with Crippen LogP contribution in [0.4, 0.5) is 10.1 Å². The maximum absolute atomic E-state index is 13.1. The van der Waals surface area contributed by atoms with E-state index in [1.807, 2.05) is 14.1 Å². The first-order chi connectivity index (χ1) is 14.8. The van der Waals surface area contributed by atoms with Gasteiger partial charge in [0.25, 0.3) is 10.0 Å². The first kappa shape index (κ1) is 22.6. The number of para-hydroxylation sites is 2. The van der Waals surface area contributed by atoms with Gasteiger partial charge in [0.2, 0.25) is 0 Å². The van der Waals surface area contributed by atoms with Gasteiger partial charge < -0.3 is 14.4 Å². The molecule has 0 bridgehead atoms. The van der Waals surface area contributed by atoms with Gasteiger partial charge in [-0.1, -0.05) is 12.1 Å². The van der Waals surface area contributed by atoms with Crippen LogP contribution < -0.4 is 14.2 Å². The summed E-state index contributed by atoms with van der Waals surface area (Å²) in [5.41, 5.74) is 0.274. The van der Waals surface area contributed by atoms with Crippen LogP contribution in [0.2, 0.25) is 0 Å². The molecule has 6 nitrogen and oxygen atoms in total. The standard InChI is InChI=1S/C23H25FN2O4S/c1-26(2)16-5-17-29-19-12-14-21(15-13-19)31(27,28)25-22-6-3-4-7-23(22)30-20-10-8-18(24)9-11-20/h3-4,6-15,25H,5,16-17H2,1-2H3. The second kappa shape index (κ2) is 10.3. The molecule has 8 heteroatoms. The van der Waals surface area contributed by atoms with Gasteiger partial charge in [-0.3, -0.25) is 4.72 Å². The van der Waals surface area contributed by atoms with Gasteiger partial charge in [0.15, 0.2) is 5.75 Å². The van der Waals surface area contributed by atoms with E-state index in [1.54, 1.807) is 36.4 Å². The van der Waals surface area contributed by atoms with Crippen molar-refractivity contribution in [2.75, 3.05) is 32.0 Å². The molecule has 0 radical (unpaired) electrons. The number of anilines is 1. The number of hydrogen-bond donors (Lipinski definition) is 1. The Labute approximate surface area is 182 Å². The molecular formula is C23H25FN2O4S. The first-order valence-corrected chi connectivity index (χ1v) is 11.2. The van der Waals surface area contributed by atoms with Gasteiger partial charge in [-0.15, -0.1) is 0 Å². The summed E-state index contributed by atoms with van der Waals surface area (Å²) in [6, 6.07) is 18.4. The highest BCUT2D eigenvalue weighted by atomic mass is 32.2. The summed E-state index contributed by atoms with van der Waals surface area (Å²) in [5, 5.41) is 0. The van der Waals surface area contributed by atoms with Crippen LogP contribution in [-0.4, -0.2) is 40.6 Å². The lowest BCUT2D eigenvalue weighted by atomic mass is 10.3. The van der Waals surface area contributed by atoms with Crippen molar-refractivity contribution in [3.63, 3.8) is 0 Å². The molecule has 0 amide bonds. The maximum Gasteiger partial charge on any atom is 0.262 e. The minimum absolute atomic E-state index is 0.102.